The number of aryl methyl sites for hydroxylation is 1. The minimum Gasteiger partial charge on any atom is -0.508 e. The van der Waals surface area contributed by atoms with Gasteiger partial charge in [0.25, 0.3) is 0 Å². The average Bonchev–Trinajstić information content (AvgIpc) is 2.32. The van der Waals surface area contributed by atoms with Crippen molar-refractivity contribution in [3.05, 3.63) is 23.3 Å². The standard InChI is InChI=1S/C13H16O5/c1-2-3-9-10(14)6-4-8-5-7-11(17-12(8)9)18-13(15)16/h4,6,11,14H,2-3,5,7H2,1H3,(H,15,16). The molecule has 0 bridgehead atoms. The van der Waals surface area contributed by atoms with E-state index in [-0.39, 0.29) is 5.75 Å². The molecule has 5 nitrogen and oxygen atoms in total. The Morgan fingerprint density at radius 3 is 3.00 bits per heavy atom. The Labute approximate surface area is 105 Å². The fraction of sp³-hybridized carbons (Fsp3) is 0.462. The van der Waals surface area contributed by atoms with Crippen LogP contribution in [0, 0.1) is 0 Å². The zero-order chi connectivity index (χ0) is 13.1. The third-order valence-corrected chi connectivity index (χ3v) is 2.95. The van der Waals surface area contributed by atoms with Crippen LogP contribution in [0.5, 0.6) is 11.5 Å². The Hall–Kier alpha value is -1.91. The summed E-state index contributed by atoms with van der Waals surface area (Å²) in [6.45, 7) is 2.01. The van der Waals surface area contributed by atoms with E-state index >= 15 is 0 Å². The van der Waals surface area contributed by atoms with E-state index in [1.54, 1.807) is 12.1 Å². The van der Waals surface area contributed by atoms with Crippen LogP contribution in [0.3, 0.4) is 0 Å². The third-order valence-electron chi connectivity index (χ3n) is 2.95. The van der Waals surface area contributed by atoms with E-state index in [0.717, 1.165) is 17.5 Å². The Bertz CT molecular complexity index is 455. The fourth-order valence-corrected chi connectivity index (χ4v) is 2.16. The van der Waals surface area contributed by atoms with Crippen molar-refractivity contribution in [2.24, 2.45) is 0 Å². The van der Waals surface area contributed by atoms with E-state index in [0.29, 0.717) is 25.0 Å². The fourth-order valence-electron chi connectivity index (χ4n) is 2.16. The number of carbonyl (C=O) groups is 1. The molecule has 1 aliphatic rings. The molecule has 1 atom stereocenters. The molecule has 2 rings (SSSR count). The van der Waals surface area contributed by atoms with Crippen molar-refractivity contribution in [3.63, 3.8) is 0 Å². The topological polar surface area (TPSA) is 76.0 Å². The molecule has 18 heavy (non-hydrogen) atoms. The second-order valence-corrected chi connectivity index (χ2v) is 4.27. The first-order valence-electron chi connectivity index (χ1n) is 6.01. The molecule has 0 saturated heterocycles. The first kappa shape index (κ1) is 12.5. The van der Waals surface area contributed by atoms with Crippen molar-refractivity contribution in [2.75, 3.05) is 0 Å². The molecule has 0 aromatic heterocycles. The van der Waals surface area contributed by atoms with Crippen LogP contribution in [-0.2, 0) is 17.6 Å². The van der Waals surface area contributed by atoms with Crippen LogP contribution in [0.4, 0.5) is 4.79 Å². The second kappa shape index (κ2) is 5.16. The molecule has 0 aliphatic carbocycles. The van der Waals surface area contributed by atoms with Crippen molar-refractivity contribution >= 4 is 6.16 Å². The first-order chi connectivity index (χ1) is 8.61. The van der Waals surface area contributed by atoms with Crippen LogP contribution in [0.1, 0.15) is 30.9 Å². The van der Waals surface area contributed by atoms with Crippen molar-refractivity contribution < 1.29 is 24.5 Å². The molecule has 1 aromatic rings. The highest BCUT2D eigenvalue weighted by molar-refractivity contribution is 5.57. The highest BCUT2D eigenvalue weighted by Gasteiger charge is 2.26. The molecule has 1 aliphatic heterocycles. The molecule has 0 amide bonds. The molecule has 1 heterocycles. The predicted octanol–water partition coefficient (Wildman–Crippen LogP) is 2.69. The summed E-state index contributed by atoms with van der Waals surface area (Å²) < 4.78 is 10.2. The largest absolute Gasteiger partial charge is 0.508 e. The summed E-state index contributed by atoms with van der Waals surface area (Å²) in [5, 5.41) is 18.4. The Morgan fingerprint density at radius 2 is 2.33 bits per heavy atom. The van der Waals surface area contributed by atoms with E-state index in [1.165, 1.54) is 0 Å². The van der Waals surface area contributed by atoms with Crippen LogP contribution >= 0.6 is 0 Å². The summed E-state index contributed by atoms with van der Waals surface area (Å²) >= 11 is 0. The SMILES string of the molecule is CCCc1c(O)ccc2c1OC(OC(=O)O)CC2. The first-order valence-corrected chi connectivity index (χ1v) is 6.01. The molecular weight excluding hydrogens is 236 g/mol. The average molecular weight is 252 g/mol. The quantitative estimate of drug-likeness (QED) is 0.809. The third kappa shape index (κ3) is 2.50. The van der Waals surface area contributed by atoms with E-state index in [4.69, 9.17) is 9.84 Å². The summed E-state index contributed by atoms with van der Waals surface area (Å²) in [6, 6.07) is 3.46. The summed E-state index contributed by atoms with van der Waals surface area (Å²) in [4.78, 5) is 10.5. The van der Waals surface area contributed by atoms with Gasteiger partial charge in [-0.15, -0.1) is 0 Å². The monoisotopic (exact) mass is 252 g/mol. The normalized spacial score (nSPS) is 17.7. The van der Waals surface area contributed by atoms with E-state index in [2.05, 4.69) is 4.74 Å². The molecule has 98 valence electrons. The maximum atomic E-state index is 10.5. The van der Waals surface area contributed by atoms with Crippen LogP contribution < -0.4 is 4.74 Å². The summed E-state index contributed by atoms with van der Waals surface area (Å²) in [7, 11) is 0. The maximum Gasteiger partial charge on any atom is 0.508 e. The van der Waals surface area contributed by atoms with E-state index < -0.39 is 12.4 Å². The number of phenolic OH excluding ortho intramolecular Hbond substituents is 1. The van der Waals surface area contributed by atoms with Gasteiger partial charge in [0.05, 0.1) is 0 Å². The number of fused-ring (bicyclic) bond motifs is 1. The number of ether oxygens (including phenoxy) is 2. The molecule has 1 aromatic carbocycles. The number of hydrogen-bond donors (Lipinski definition) is 2. The van der Waals surface area contributed by atoms with E-state index in [9.17, 15) is 9.90 Å². The van der Waals surface area contributed by atoms with Crippen molar-refractivity contribution in [1.82, 2.24) is 0 Å². The second-order valence-electron chi connectivity index (χ2n) is 4.27. The lowest BCUT2D eigenvalue weighted by atomic mass is 9.98. The number of rotatable bonds is 3. The van der Waals surface area contributed by atoms with Gasteiger partial charge >= 0.3 is 6.16 Å². The predicted molar refractivity (Wildman–Crippen MR) is 63.9 cm³/mol. The van der Waals surface area contributed by atoms with Crippen molar-refractivity contribution in [3.8, 4) is 11.5 Å². The highest BCUT2D eigenvalue weighted by atomic mass is 16.8. The lowest BCUT2D eigenvalue weighted by Gasteiger charge is -2.27. The van der Waals surface area contributed by atoms with Gasteiger partial charge in [-0.25, -0.2) is 4.79 Å². The zero-order valence-corrected chi connectivity index (χ0v) is 10.2. The molecule has 0 spiro atoms. The Morgan fingerprint density at radius 1 is 1.56 bits per heavy atom. The number of benzene rings is 1. The Balaban J connectivity index is 2.28. The van der Waals surface area contributed by atoms with Crippen LogP contribution in [-0.4, -0.2) is 22.7 Å². The van der Waals surface area contributed by atoms with Gasteiger partial charge in [-0.2, -0.15) is 0 Å². The summed E-state index contributed by atoms with van der Waals surface area (Å²) in [5.41, 5.74) is 1.72. The van der Waals surface area contributed by atoms with Crippen molar-refractivity contribution in [1.29, 1.82) is 0 Å². The molecule has 0 radical (unpaired) electrons. The number of aromatic hydroxyl groups is 1. The van der Waals surface area contributed by atoms with Gasteiger partial charge in [0, 0.05) is 12.0 Å². The van der Waals surface area contributed by atoms with Gasteiger partial charge in [0.15, 0.2) is 0 Å². The van der Waals surface area contributed by atoms with Gasteiger partial charge in [0.2, 0.25) is 6.29 Å². The Kier molecular flexibility index (Phi) is 3.60. The van der Waals surface area contributed by atoms with Gasteiger partial charge in [-0.3, -0.25) is 0 Å². The summed E-state index contributed by atoms with van der Waals surface area (Å²) in [6.07, 6.45) is 0.611. The number of hydrogen-bond acceptors (Lipinski definition) is 4. The number of carboxylic acid groups (broad SMARTS) is 1. The molecular formula is C13H16O5. The van der Waals surface area contributed by atoms with Gasteiger partial charge in [0.1, 0.15) is 11.5 Å². The lowest BCUT2D eigenvalue weighted by Crippen LogP contribution is -2.28. The van der Waals surface area contributed by atoms with Crippen LogP contribution in [0.15, 0.2) is 12.1 Å². The van der Waals surface area contributed by atoms with Gasteiger partial charge < -0.3 is 19.7 Å². The summed E-state index contributed by atoms with van der Waals surface area (Å²) in [5.74, 6) is 0.765. The van der Waals surface area contributed by atoms with Gasteiger partial charge in [-0.05, 0) is 24.5 Å². The smallest absolute Gasteiger partial charge is 0.508 e. The lowest BCUT2D eigenvalue weighted by molar-refractivity contribution is -0.0640. The van der Waals surface area contributed by atoms with Crippen LogP contribution in [0.2, 0.25) is 0 Å². The van der Waals surface area contributed by atoms with Crippen molar-refractivity contribution in [2.45, 2.75) is 38.9 Å². The highest BCUT2D eigenvalue weighted by Crippen LogP contribution is 2.37. The van der Waals surface area contributed by atoms with Gasteiger partial charge in [-0.1, -0.05) is 19.4 Å². The maximum absolute atomic E-state index is 10.5. The molecule has 2 N–H and O–H groups in total. The number of phenols is 1. The van der Waals surface area contributed by atoms with Crippen LogP contribution in [0.25, 0.3) is 0 Å². The zero-order valence-electron chi connectivity index (χ0n) is 10.2. The molecule has 0 fully saturated rings. The molecule has 1 unspecified atom stereocenters. The minimum absolute atomic E-state index is 0.187. The minimum atomic E-state index is -1.35. The molecule has 5 heteroatoms. The van der Waals surface area contributed by atoms with E-state index in [1.807, 2.05) is 6.92 Å². The molecule has 0 saturated carbocycles.